The molecule has 3 aromatic rings. The van der Waals surface area contributed by atoms with E-state index in [1.807, 2.05) is 5.38 Å². The summed E-state index contributed by atoms with van der Waals surface area (Å²) in [5, 5.41) is 5.45. The number of fused-ring (bicyclic) bond motifs is 1. The molecule has 0 radical (unpaired) electrons. The van der Waals surface area contributed by atoms with Gasteiger partial charge in [-0.3, -0.25) is 9.59 Å². The maximum Gasteiger partial charge on any atom is 0.260 e. The first-order valence-electron chi connectivity index (χ1n) is 8.33. The van der Waals surface area contributed by atoms with Crippen LogP contribution in [0.25, 0.3) is 21.3 Å². The second-order valence-electron chi connectivity index (χ2n) is 6.10. The highest BCUT2D eigenvalue weighted by Gasteiger charge is 2.23. The zero-order valence-electron chi connectivity index (χ0n) is 13.8. The number of hydrogen-bond donors (Lipinski definition) is 2. The first kappa shape index (κ1) is 17.2. The number of nitrogens with one attached hydrogen (secondary N) is 2. The molecule has 3 heterocycles. The average molecular weight is 389 g/mol. The number of aromatic nitrogens is 2. The van der Waals surface area contributed by atoms with Crippen LogP contribution in [0.1, 0.15) is 19.3 Å². The minimum Gasteiger partial charge on any atom is -0.355 e. The lowest BCUT2D eigenvalue weighted by Gasteiger charge is -2.11. The third-order valence-electron chi connectivity index (χ3n) is 4.32. The summed E-state index contributed by atoms with van der Waals surface area (Å²) in [5.74, 6) is -0.325. The fourth-order valence-corrected chi connectivity index (χ4v) is 5.03. The molecule has 4 rings (SSSR count). The van der Waals surface area contributed by atoms with Crippen LogP contribution < -0.4 is 10.9 Å². The molecule has 0 unspecified atom stereocenters. The van der Waals surface area contributed by atoms with Gasteiger partial charge in [-0.05, 0) is 30.5 Å². The van der Waals surface area contributed by atoms with E-state index in [9.17, 15) is 14.0 Å². The van der Waals surface area contributed by atoms with E-state index in [0.29, 0.717) is 21.9 Å². The zero-order chi connectivity index (χ0) is 18.1. The Bertz CT molecular complexity index is 1010. The number of carbonyl (C=O) groups excluding carboxylic acids is 1. The van der Waals surface area contributed by atoms with Crippen LogP contribution in [0.2, 0.25) is 0 Å². The minimum atomic E-state index is -0.319. The van der Waals surface area contributed by atoms with Crippen LogP contribution in [-0.2, 0) is 4.79 Å². The molecule has 2 aromatic heterocycles. The predicted molar refractivity (Wildman–Crippen MR) is 102 cm³/mol. The molecule has 8 heteroatoms. The van der Waals surface area contributed by atoms with Gasteiger partial charge in [-0.2, -0.15) is 0 Å². The van der Waals surface area contributed by atoms with Crippen LogP contribution in [0.15, 0.2) is 39.6 Å². The third kappa shape index (κ3) is 3.39. The Labute approximate surface area is 157 Å². The number of carbonyl (C=O) groups is 1. The molecule has 1 aliphatic rings. The Morgan fingerprint density at radius 1 is 1.19 bits per heavy atom. The van der Waals surface area contributed by atoms with Gasteiger partial charge in [-0.15, -0.1) is 11.3 Å². The van der Waals surface area contributed by atoms with Gasteiger partial charge in [-0.25, -0.2) is 9.37 Å². The van der Waals surface area contributed by atoms with E-state index < -0.39 is 0 Å². The summed E-state index contributed by atoms with van der Waals surface area (Å²) in [6.45, 7) is 0.699. The summed E-state index contributed by atoms with van der Waals surface area (Å²) >= 11 is 2.67. The summed E-state index contributed by atoms with van der Waals surface area (Å²) in [5.41, 5.74) is 1.27. The molecular formula is C18H16FN3O2S2. The highest BCUT2D eigenvalue weighted by atomic mass is 32.2. The highest BCUT2D eigenvalue weighted by molar-refractivity contribution is 8.00. The molecule has 2 N–H and O–H groups in total. The van der Waals surface area contributed by atoms with Crippen molar-refractivity contribution in [1.29, 1.82) is 0 Å². The van der Waals surface area contributed by atoms with Gasteiger partial charge >= 0.3 is 0 Å². The van der Waals surface area contributed by atoms with Gasteiger partial charge in [0.15, 0.2) is 5.16 Å². The zero-order valence-corrected chi connectivity index (χ0v) is 15.4. The molecule has 0 aliphatic carbocycles. The quantitative estimate of drug-likeness (QED) is 0.672. The smallest absolute Gasteiger partial charge is 0.260 e. The maximum absolute atomic E-state index is 13.1. The molecule has 26 heavy (non-hydrogen) atoms. The number of rotatable bonds is 3. The molecule has 0 saturated carbocycles. The van der Waals surface area contributed by atoms with Gasteiger partial charge in [0.2, 0.25) is 5.91 Å². The molecule has 1 saturated heterocycles. The summed E-state index contributed by atoms with van der Waals surface area (Å²) in [6, 6.07) is 6.04. The molecule has 1 fully saturated rings. The van der Waals surface area contributed by atoms with Gasteiger partial charge in [0.1, 0.15) is 10.6 Å². The Morgan fingerprint density at radius 3 is 2.81 bits per heavy atom. The van der Waals surface area contributed by atoms with Crippen molar-refractivity contribution in [3.05, 3.63) is 45.8 Å². The van der Waals surface area contributed by atoms with E-state index in [2.05, 4.69) is 15.3 Å². The average Bonchev–Trinajstić information content (AvgIpc) is 2.95. The van der Waals surface area contributed by atoms with Crippen LogP contribution in [0.3, 0.4) is 0 Å². The lowest BCUT2D eigenvalue weighted by molar-refractivity contribution is -0.120. The number of aromatic amines is 1. The lowest BCUT2D eigenvalue weighted by atomic mass is 10.1. The summed E-state index contributed by atoms with van der Waals surface area (Å²) in [4.78, 5) is 32.7. The molecule has 134 valence electrons. The Balaban J connectivity index is 1.68. The van der Waals surface area contributed by atoms with Gasteiger partial charge in [0.05, 0.1) is 10.6 Å². The maximum atomic E-state index is 13.1. The van der Waals surface area contributed by atoms with E-state index >= 15 is 0 Å². The van der Waals surface area contributed by atoms with Crippen molar-refractivity contribution < 1.29 is 9.18 Å². The van der Waals surface area contributed by atoms with Crippen molar-refractivity contribution in [2.45, 2.75) is 29.7 Å². The van der Waals surface area contributed by atoms with E-state index in [4.69, 9.17) is 0 Å². The SMILES string of the molecule is O=C1NCCCC[C@@H]1Sc1nc2scc(-c3ccc(F)cc3)c2c(=O)[nH]1. The molecule has 1 amide bonds. The fraction of sp³-hybridized carbons (Fsp3) is 0.278. The largest absolute Gasteiger partial charge is 0.355 e. The fourth-order valence-electron chi connectivity index (χ4n) is 2.99. The van der Waals surface area contributed by atoms with Crippen LogP contribution in [0.4, 0.5) is 4.39 Å². The first-order chi connectivity index (χ1) is 12.6. The number of amides is 1. The Morgan fingerprint density at radius 2 is 2.00 bits per heavy atom. The number of hydrogen-bond acceptors (Lipinski definition) is 5. The lowest BCUT2D eigenvalue weighted by Crippen LogP contribution is -2.30. The van der Waals surface area contributed by atoms with Crippen LogP contribution in [-0.4, -0.2) is 27.7 Å². The van der Waals surface area contributed by atoms with Crippen LogP contribution in [0.5, 0.6) is 0 Å². The molecule has 0 bridgehead atoms. The second-order valence-corrected chi connectivity index (χ2v) is 8.15. The standard InChI is InChI=1S/C18H16FN3O2S2/c19-11-6-4-10(5-7-11)12-9-25-17-14(12)16(24)21-18(22-17)26-13-3-1-2-8-20-15(13)23/h4-7,9,13H,1-3,8H2,(H,20,23)(H,21,22,24)/t13-/m0/s1. The summed E-state index contributed by atoms with van der Waals surface area (Å²) in [6.07, 6.45) is 2.71. The van der Waals surface area contributed by atoms with Crippen molar-refractivity contribution in [2.24, 2.45) is 0 Å². The third-order valence-corrected chi connectivity index (χ3v) is 6.34. The number of halogens is 1. The molecule has 1 aromatic carbocycles. The van der Waals surface area contributed by atoms with Crippen molar-refractivity contribution in [3.63, 3.8) is 0 Å². The molecule has 1 aliphatic heterocycles. The van der Waals surface area contributed by atoms with Crippen molar-refractivity contribution in [2.75, 3.05) is 6.54 Å². The van der Waals surface area contributed by atoms with Gasteiger partial charge in [0.25, 0.3) is 5.56 Å². The van der Waals surface area contributed by atoms with Gasteiger partial charge in [0, 0.05) is 17.5 Å². The number of thioether (sulfide) groups is 1. The van der Waals surface area contributed by atoms with Crippen LogP contribution >= 0.6 is 23.1 Å². The highest BCUT2D eigenvalue weighted by Crippen LogP contribution is 2.32. The molecular weight excluding hydrogens is 373 g/mol. The van der Waals surface area contributed by atoms with Crippen molar-refractivity contribution >= 4 is 39.2 Å². The number of nitrogens with zero attached hydrogens (tertiary/aromatic N) is 1. The van der Waals surface area contributed by atoms with Gasteiger partial charge < -0.3 is 10.3 Å². The molecule has 0 spiro atoms. The van der Waals surface area contributed by atoms with E-state index in [1.165, 1.54) is 35.2 Å². The second kappa shape index (κ2) is 7.20. The number of benzene rings is 1. The Hall–Kier alpha value is -2.19. The predicted octanol–water partition coefficient (Wildman–Crippen LogP) is 3.55. The first-order valence-corrected chi connectivity index (χ1v) is 10.1. The van der Waals surface area contributed by atoms with Crippen molar-refractivity contribution in [3.8, 4) is 11.1 Å². The van der Waals surface area contributed by atoms with E-state index in [1.54, 1.807) is 12.1 Å². The summed E-state index contributed by atoms with van der Waals surface area (Å²) < 4.78 is 13.1. The van der Waals surface area contributed by atoms with Crippen molar-refractivity contribution in [1.82, 2.24) is 15.3 Å². The Kier molecular flexibility index (Phi) is 4.78. The monoisotopic (exact) mass is 389 g/mol. The normalized spacial score (nSPS) is 17.9. The minimum absolute atomic E-state index is 0.00609. The summed E-state index contributed by atoms with van der Waals surface area (Å²) in [7, 11) is 0. The van der Waals surface area contributed by atoms with E-state index in [-0.39, 0.29) is 22.5 Å². The number of H-pyrrole nitrogens is 1. The topological polar surface area (TPSA) is 74.8 Å². The number of thiophene rings is 1. The molecule has 5 nitrogen and oxygen atoms in total. The van der Waals surface area contributed by atoms with E-state index in [0.717, 1.165) is 30.4 Å². The molecule has 1 atom stereocenters. The van der Waals surface area contributed by atoms with Gasteiger partial charge in [-0.1, -0.05) is 30.3 Å². The van der Waals surface area contributed by atoms with Crippen LogP contribution in [0, 0.1) is 5.82 Å².